The Morgan fingerprint density at radius 2 is 2.15 bits per heavy atom. The summed E-state index contributed by atoms with van der Waals surface area (Å²) in [4.78, 5) is 13.2. The van der Waals surface area contributed by atoms with Crippen molar-refractivity contribution in [2.45, 2.75) is 19.3 Å². The van der Waals surface area contributed by atoms with Crippen LogP contribution in [0.2, 0.25) is 0 Å². The lowest BCUT2D eigenvalue weighted by Crippen LogP contribution is -2.36. The highest BCUT2D eigenvalue weighted by atomic mass is 32.1. The van der Waals surface area contributed by atoms with Gasteiger partial charge in [0.25, 0.3) is 5.91 Å². The van der Waals surface area contributed by atoms with Gasteiger partial charge in [0.05, 0.1) is 5.69 Å². The highest BCUT2D eigenvalue weighted by Crippen LogP contribution is 2.26. The van der Waals surface area contributed by atoms with Gasteiger partial charge in [-0.3, -0.25) is 4.79 Å². The van der Waals surface area contributed by atoms with Crippen LogP contribution in [-0.4, -0.2) is 12.5 Å². The van der Waals surface area contributed by atoms with Crippen LogP contribution >= 0.6 is 11.3 Å². The number of hydrogen-bond donors (Lipinski definition) is 2. The SMILES string of the molecule is CC(C)(CNC(=O)c1ccc(F)c(N)c1)c1cccs1. The number of thiophene rings is 1. The number of amides is 1. The van der Waals surface area contributed by atoms with Crippen LogP contribution in [0.1, 0.15) is 29.1 Å². The van der Waals surface area contributed by atoms with E-state index in [1.807, 2.05) is 17.5 Å². The molecule has 0 saturated heterocycles. The molecule has 0 aliphatic carbocycles. The molecule has 3 N–H and O–H groups in total. The molecular weight excluding hydrogens is 275 g/mol. The Balaban J connectivity index is 2.03. The molecule has 1 amide bonds. The zero-order chi connectivity index (χ0) is 14.8. The predicted molar refractivity (Wildman–Crippen MR) is 80.5 cm³/mol. The standard InChI is InChI=1S/C15H17FN2OS/c1-15(2,13-4-3-7-20-13)9-18-14(19)10-5-6-11(16)12(17)8-10/h3-8H,9,17H2,1-2H3,(H,18,19). The zero-order valence-corrected chi connectivity index (χ0v) is 12.3. The fourth-order valence-corrected chi connectivity index (χ4v) is 2.69. The van der Waals surface area contributed by atoms with E-state index in [1.54, 1.807) is 11.3 Å². The van der Waals surface area contributed by atoms with Crippen LogP contribution in [0.25, 0.3) is 0 Å². The summed E-state index contributed by atoms with van der Waals surface area (Å²) in [6.45, 7) is 4.64. The number of benzene rings is 1. The Morgan fingerprint density at radius 3 is 2.75 bits per heavy atom. The third-order valence-corrected chi connectivity index (χ3v) is 4.37. The monoisotopic (exact) mass is 292 g/mol. The largest absolute Gasteiger partial charge is 0.396 e. The molecule has 0 atom stereocenters. The average Bonchev–Trinajstić information content (AvgIpc) is 2.94. The summed E-state index contributed by atoms with van der Waals surface area (Å²) >= 11 is 1.66. The van der Waals surface area contributed by atoms with Crippen molar-refractivity contribution in [1.82, 2.24) is 5.32 Å². The summed E-state index contributed by atoms with van der Waals surface area (Å²) in [5.74, 6) is -0.762. The minimum absolute atomic E-state index is 0.0184. The van der Waals surface area contributed by atoms with E-state index in [2.05, 4.69) is 19.2 Å². The minimum atomic E-state index is -0.513. The van der Waals surface area contributed by atoms with E-state index in [4.69, 9.17) is 5.73 Å². The van der Waals surface area contributed by atoms with Gasteiger partial charge in [0.1, 0.15) is 5.82 Å². The Hall–Kier alpha value is -1.88. The van der Waals surface area contributed by atoms with Crippen LogP contribution in [-0.2, 0) is 5.41 Å². The van der Waals surface area contributed by atoms with Crippen molar-refractivity contribution in [2.24, 2.45) is 0 Å². The lowest BCUT2D eigenvalue weighted by atomic mass is 9.91. The molecule has 0 bridgehead atoms. The number of carbonyl (C=O) groups is 1. The first-order chi connectivity index (χ1) is 9.40. The Morgan fingerprint density at radius 1 is 1.40 bits per heavy atom. The highest BCUT2D eigenvalue weighted by molar-refractivity contribution is 7.10. The molecule has 0 unspecified atom stereocenters. The number of anilines is 1. The first kappa shape index (κ1) is 14.5. The van der Waals surface area contributed by atoms with E-state index in [9.17, 15) is 9.18 Å². The number of carbonyl (C=O) groups excluding carboxylic acids is 1. The first-order valence-electron chi connectivity index (χ1n) is 6.27. The number of nitrogen functional groups attached to an aromatic ring is 1. The van der Waals surface area contributed by atoms with Gasteiger partial charge in [0, 0.05) is 22.4 Å². The van der Waals surface area contributed by atoms with Gasteiger partial charge in [-0.1, -0.05) is 19.9 Å². The number of nitrogens with one attached hydrogen (secondary N) is 1. The molecule has 3 nitrogen and oxygen atoms in total. The third-order valence-electron chi connectivity index (χ3n) is 3.14. The number of hydrogen-bond acceptors (Lipinski definition) is 3. The Labute approximate surface area is 121 Å². The Kier molecular flexibility index (Phi) is 4.09. The van der Waals surface area contributed by atoms with E-state index < -0.39 is 5.82 Å². The minimum Gasteiger partial charge on any atom is -0.396 e. The topological polar surface area (TPSA) is 55.1 Å². The normalized spacial score (nSPS) is 11.3. The zero-order valence-electron chi connectivity index (χ0n) is 11.4. The van der Waals surface area contributed by atoms with Crippen molar-refractivity contribution < 1.29 is 9.18 Å². The number of rotatable bonds is 4. The summed E-state index contributed by atoms with van der Waals surface area (Å²) in [7, 11) is 0. The van der Waals surface area contributed by atoms with Gasteiger partial charge in [-0.2, -0.15) is 0 Å². The van der Waals surface area contributed by atoms with E-state index in [-0.39, 0.29) is 17.0 Å². The van der Waals surface area contributed by atoms with Gasteiger partial charge in [0.15, 0.2) is 0 Å². The number of nitrogens with two attached hydrogens (primary N) is 1. The maximum Gasteiger partial charge on any atom is 0.251 e. The van der Waals surface area contributed by atoms with Gasteiger partial charge in [-0.25, -0.2) is 4.39 Å². The second-order valence-corrected chi connectivity index (χ2v) is 6.23. The van der Waals surface area contributed by atoms with E-state index >= 15 is 0 Å². The molecular formula is C15H17FN2OS. The first-order valence-corrected chi connectivity index (χ1v) is 7.15. The molecule has 1 aromatic heterocycles. The van der Waals surface area contributed by atoms with Crippen molar-refractivity contribution >= 4 is 22.9 Å². The highest BCUT2D eigenvalue weighted by Gasteiger charge is 2.22. The van der Waals surface area contributed by atoms with Crippen molar-refractivity contribution in [3.05, 3.63) is 52.0 Å². The van der Waals surface area contributed by atoms with Crippen LogP contribution < -0.4 is 11.1 Å². The Bertz CT molecular complexity index is 608. The van der Waals surface area contributed by atoms with Crippen LogP contribution in [0, 0.1) is 5.82 Å². The quantitative estimate of drug-likeness (QED) is 0.850. The molecule has 1 aromatic carbocycles. The maximum atomic E-state index is 13.1. The van der Waals surface area contributed by atoms with Gasteiger partial charge in [-0.05, 0) is 29.6 Å². The molecule has 5 heteroatoms. The second-order valence-electron chi connectivity index (χ2n) is 5.28. The summed E-state index contributed by atoms with van der Waals surface area (Å²) in [6, 6.07) is 8.02. The molecule has 2 rings (SSSR count). The summed E-state index contributed by atoms with van der Waals surface area (Å²) in [6.07, 6.45) is 0. The fraction of sp³-hybridized carbons (Fsp3) is 0.267. The smallest absolute Gasteiger partial charge is 0.251 e. The van der Waals surface area contributed by atoms with Gasteiger partial charge >= 0.3 is 0 Å². The van der Waals surface area contributed by atoms with Crippen LogP contribution in [0.5, 0.6) is 0 Å². The molecule has 0 radical (unpaired) electrons. The average molecular weight is 292 g/mol. The molecule has 106 valence electrons. The van der Waals surface area contributed by atoms with E-state index in [1.165, 1.54) is 23.1 Å². The van der Waals surface area contributed by atoms with Crippen LogP contribution in [0.4, 0.5) is 10.1 Å². The molecule has 20 heavy (non-hydrogen) atoms. The van der Waals surface area contributed by atoms with Crippen molar-refractivity contribution in [1.29, 1.82) is 0 Å². The van der Waals surface area contributed by atoms with Crippen molar-refractivity contribution in [3.63, 3.8) is 0 Å². The van der Waals surface area contributed by atoms with E-state index in [0.717, 1.165) is 0 Å². The molecule has 0 aliphatic heterocycles. The van der Waals surface area contributed by atoms with Crippen LogP contribution in [0.3, 0.4) is 0 Å². The van der Waals surface area contributed by atoms with Gasteiger partial charge in [0.2, 0.25) is 0 Å². The molecule has 0 spiro atoms. The van der Waals surface area contributed by atoms with Crippen LogP contribution in [0.15, 0.2) is 35.7 Å². The van der Waals surface area contributed by atoms with E-state index in [0.29, 0.717) is 12.1 Å². The second kappa shape index (κ2) is 5.63. The fourth-order valence-electron chi connectivity index (χ4n) is 1.84. The van der Waals surface area contributed by atoms with Crippen molar-refractivity contribution in [3.8, 4) is 0 Å². The molecule has 1 heterocycles. The lowest BCUT2D eigenvalue weighted by molar-refractivity contribution is 0.0946. The summed E-state index contributed by atoms with van der Waals surface area (Å²) < 4.78 is 13.1. The van der Waals surface area contributed by atoms with Crippen molar-refractivity contribution in [2.75, 3.05) is 12.3 Å². The molecule has 0 fully saturated rings. The maximum absolute atomic E-state index is 13.1. The van der Waals surface area contributed by atoms with Gasteiger partial charge in [-0.15, -0.1) is 11.3 Å². The molecule has 0 saturated carbocycles. The number of halogens is 1. The van der Waals surface area contributed by atoms with Gasteiger partial charge < -0.3 is 11.1 Å². The third kappa shape index (κ3) is 3.17. The summed E-state index contributed by atoms with van der Waals surface area (Å²) in [5.41, 5.74) is 5.67. The predicted octanol–water partition coefficient (Wildman–Crippen LogP) is 3.18. The molecule has 2 aromatic rings. The molecule has 0 aliphatic rings. The lowest BCUT2D eigenvalue weighted by Gasteiger charge is -2.23. The summed E-state index contributed by atoms with van der Waals surface area (Å²) in [5, 5.41) is 4.88.